The Balaban J connectivity index is 0.00000363. The van der Waals surface area contributed by atoms with E-state index in [4.69, 9.17) is 4.74 Å². The Morgan fingerprint density at radius 3 is 2.38 bits per heavy atom. The summed E-state index contributed by atoms with van der Waals surface area (Å²) in [6.45, 7) is 5.02. The van der Waals surface area contributed by atoms with E-state index < -0.39 is 0 Å². The molecule has 0 radical (unpaired) electrons. The molecule has 2 N–H and O–H groups in total. The summed E-state index contributed by atoms with van der Waals surface area (Å²) < 4.78 is 5.39. The molecule has 0 spiro atoms. The molecular formula is C25H38IN5O. The fraction of sp³-hybridized carbons (Fsp3) is 0.480. The number of nitrogens with one attached hydrogen (secondary N) is 2. The lowest BCUT2D eigenvalue weighted by Crippen LogP contribution is -2.41. The summed E-state index contributed by atoms with van der Waals surface area (Å²) in [6, 6.07) is 17.4. The first kappa shape index (κ1) is 26.4. The van der Waals surface area contributed by atoms with E-state index in [0.29, 0.717) is 0 Å². The van der Waals surface area contributed by atoms with Crippen LogP contribution in [0.1, 0.15) is 35.6 Å². The molecule has 0 saturated carbocycles. The second-order valence-corrected chi connectivity index (χ2v) is 8.36. The minimum atomic E-state index is 0. The van der Waals surface area contributed by atoms with Gasteiger partial charge in [0.05, 0.1) is 13.2 Å². The zero-order chi connectivity index (χ0) is 22.1. The quantitative estimate of drug-likeness (QED) is 0.282. The van der Waals surface area contributed by atoms with Crippen molar-refractivity contribution in [2.45, 2.75) is 32.0 Å². The van der Waals surface area contributed by atoms with Crippen LogP contribution >= 0.6 is 24.0 Å². The zero-order valence-electron chi connectivity index (χ0n) is 19.8. The monoisotopic (exact) mass is 551 g/mol. The lowest BCUT2D eigenvalue weighted by atomic mass is 10.1. The Bertz CT molecular complexity index is 834. The third-order valence-electron chi connectivity index (χ3n) is 5.88. The summed E-state index contributed by atoms with van der Waals surface area (Å²) in [5, 5.41) is 6.90. The Labute approximate surface area is 210 Å². The van der Waals surface area contributed by atoms with Gasteiger partial charge in [0.2, 0.25) is 0 Å². The number of ether oxygens (including phenoxy) is 1. The maximum atomic E-state index is 5.39. The van der Waals surface area contributed by atoms with Crippen LogP contribution < -0.4 is 15.4 Å². The van der Waals surface area contributed by atoms with Crippen LogP contribution in [0.15, 0.2) is 53.5 Å². The van der Waals surface area contributed by atoms with E-state index in [1.54, 1.807) is 7.11 Å². The molecule has 1 aliphatic heterocycles. The first-order valence-electron chi connectivity index (χ1n) is 11.1. The van der Waals surface area contributed by atoms with Crippen LogP contribution in [0.5, 0.6) is 5.75 Å². The number of benzene rings is 2. The van der Waals surface area contributed by atoms with Crippen LogP contribution in [-0.2, 0) is 13.1 Å². The summed E-state index contributed by atoms with van der Waals surface area (Å²) in [5.41, 5.74) is 3.85. The van der Waals surface area contributed by atoms with E-state index in [9.17, 15) is 0 Å². The molecule has 6 nitrogen and oxygen atoms in total. The van der Waals surface area contributed by atoms with Gasteiger partial charge in [0.15, 0.2) is 5.96 Å². The van der Waals surface area contributed by atoms with E-state index in [0.717, 1.165) is 31.3 Å². The number of rotatable bonds is 9. The standard InChI is InChI=1S/C25H37N5O.HI/c1-26-25(28-18-24(29(2)3)22-8-7-9-23(16-22)31-4)27-17-20-10-12-21(13-11-20)19-30-14-5-6-15-30;/h7-13,16,24H,5-6,14-15,17-19H2,1-4H3,(H2,26,27,28);1H. The van der Waals surface area contributed by atoms with Crippen molar-refractivity contribution in [3.8, 4) is 5.75 Å². The van der Waals surface area contributed by atoms with Gasteiger partial charge in [0.1, 0.15) is 5.75 Å². The minimum absolute atomic E-state index is 0. The fourth-order valence-corrected chi connectivity index (χ4v) is 4.01. The Kier molecular flexibility index (Phi) is 11.3. The third-order valence-corrected chi connectivity index (χ3v) is 5.88. The van der Waals surface area contributed by atoms with E-state index in [-0.39, 0.29) is 30.0 Å². The molecule has 1 atom stereocenters. The molecule has 7 heteroatoms. The van der Waals surface area contributed by atoms with E-state index >= 15 is 0 Å². The van der Waals surface area contributed by atoms with Gasteiger partial charge < -0.3 is 20.3 Å². The molecule has 1 saturated heterocycles. The minimum Gasteiger partial charge on any atom is -0.497 e. The Hall–Kier alpha value is -1.84. The van der Waals surface area contributed by atoms with Crippen molar-refractivity contribution in [2.75, 3.05) is 47.9 Å². The predicted octanol–water partition coefficient (Wildman–Crippen LogP) is 3.88. The highest BCUT2D eigenvalue weighted by Crippen LogP contribution is 2.22. The largest absolute Gasteiger partial charge is 0.497 e. The molecule has 1 heterocycles. The number of likely N-dealkylation sites (N-methyl/N-ethyl adjacent to an activating group) is 1. The van der Waals surface area contributed by atoms with Crippen LogP contribution in [0.4, 0.5) is 0 Å². The van der Waals surface area contributed by atoms with Crippen molar-refractivity contribution < 1.29 is 4.74 Å². The summed E-state index contributed by atoms with van der Waals surface area (Å²) in [6.07, 6.45) is 2.67. The van der Waals surface area contributed by atoms with Crippen LogP contribution in [-0.4, -0.2) is 63.6 Å². The average molecular weight is 552 g/mol. The molecule has 1 aliphatic rings. The van der Waals surface area contributed by atoms with Crippen molar-refractivity contribution in [1.29, 1.82) is 0 Å². The first-order valence-corrected chi connectivity index (χ1v) is 11.1. The number of guanidine groups is 1. The maximum Gasteiger partial charge on any atom is 0.191 e. The highest BCUT2D eigenvalue weighted by molar-refractivity contribution is 14.0. The van der Waals surface area contributed by atoms with Gasteiger partial charge in [-0.15, -0.1) is 24.0 Å². The molecule has 2 aromatic rings. The molecule has 3 rings (SSSR count). The third kappa shape index (κ3) is 7.94. The lowest BCUT2D eigenvalue weighted by Gasteiger charge is -2.26. The zero-order valence-corrected chi connectivity index (χ0v) is 22.1. The van der Waals surface area contributed by atoms with Crippen LogP contribution in [0, 0.1) is 0 Å². The van der Waals surface area contributed by atoms with Crippen molar-refractivity contribution in [1.82, 2.24) is 20.4 Å². The fourth-order valence-electron chi connectivity index (χ4n) is 4.01. The molecule has 176 valence electrons. The van der Waals surface area contributed by atoms with Crippen molar-refractivity contribution in [2.24, 2.45) is 4.99 Å². The molecule has 0 bridgehead atoms. The van der Waals surface area contributed by atoms with Crippen molar-refractivity contribution in [3.63, 3.8) is 0 Å². The molecular weight excluding hydrogens is 513 g/mol. The second-order valence-electron chi connectivity index (χ2n) is 8.36. The van der Waals surface area contributed by atoms with Gasteiger partial charge in [-0.1, -0.05) is 36.4 Å². The van der Waals surface area contributed by atoms with Gasteiger partial charge in [-0.3, -0.25) is 9.89 Å². The topological polar surface area (TPSA) is 52.1 Å². The van der Waals surface area contributed by atoms with Gasteiger partial charge in [0.25, 0.3) is 0 Å². The van der Waals surface area contributed by atoms with Crippen LogP contribution in [0.25, 0.3) is 0 Å². The van der Waals surface area contributed by atoms with Gasteiger partial charge >= 0.3 is 0 Å². The molecule has 0 amide bonds. The van der Waals surface area contributed by atoms with Gasteiger partial charge in [-0.05, 0) is 68.8 Å². The second kappa shape index (κ2) is 13.6. The molecule has 2 aromatic carbocycles. The summed E-state index contributed by atoms with van der Waals surface area (Å²) in [4.78, 5) is 9.13. The Morgan fingerprint density at radius 2 is 1.75 bits per heavy atom. The molecule has 32 heavy (non-hydrogen) atoms. The predicted molar refractivity (Wildman–Crippen MR) is 144 cm³/mol. The van der Waals surface area contributed by atoms with Crippen molar-refractivity contribution >= 4 is 29.9 Å². The van der Waals surface area contributed by atoms with Gasteiger partial charge in [-0.2, -0.15) is 0 Å². The number of hydrogen-bond donors (Lipinski definition) is 2. The Morgan fingerprint density at radius 1 is 1.06 bits per heavy atom. The van der Waals surface area contributed by atoms with E-state index in [1.165, 1.54) is 42.6 Å². The lowest BCUT2D eigenvalue weighted by molar-refractivity contribution is 0.297. The van der Waals surface area contributed by atoms with E-state index in [2.05, 4.69) is 75.9 Å². The number of methoxy groups -OCH3 is 1. The SMILES string of the molecule is CN=C(NCc1ccc(CN2CCCC2)cc1)NCC(c1cccc(OC)c1)N(C)C.I. The highest BCUT2D eigenvalue weighted by Gasteiger charge is 2.15. The summed E-state index contributed by atoms with van der Waals surface area (Å²) >= 11 is 0. The maximum absolute atomic E-state index is 5.39. The summed E-state index contributed by atoms with van der Waals surface area (Å²) in [7, 11) is 7.69. The molecule has 1 unspecified atom stereocenters. The highest BCUT2D eigenvalue weighted by atomic mass is 127. The van der Waals surface area contributed by atoms with Crippen LogP contribution in [0.3, 0.4) is 0 Å². The molecule has 0 aliphatic carbocycles. The molecule has 1 fully saturated rings. The summed E-state index contributed by atoms with van der Waals surface area (Å²) in [5.74, 6) is 1.68. The van der Waals surface area contributed by atoms with Gasteiger partial charge in [0, 0.05) is 26.7 Å². The number of hydrogen-bond acceptors (Lipinski definition) is 4. The smallest absolute Gasteiger partial charge is 0.191 e. The first-order chi connectivity index (χ1) is 15.1. The number of halogens is 1. The number of likely N-dealkylation sites (tertiary alicyclic amines) is 1. The number of nitrogens with zero attached hydrogens (tertiary/aromatic N) is 3. The number of aliphatic imine (C=N–C) groups is 1. The molecule has 0 aromatic heterocycles. The average Bonchev–Trinajstić information content (AvgIpc) is 3.30. The normalized spacial score (nSPS) is 15.3. The van der Waals surface area contributed by atoms with Crippen molar-refractivity contribution in [3.05, 3.63) is 65.2 Å². The van der Waals surface area contributed by atoms with E-state index in [1.807, 2.05) is 19.2 Å². The van der Waals surface area contributed by atoms with Gasteiger partial charge in [-0.25, -0.2) is 0 Å². The van der Waals surface area contributed by atoms with Crippen LogP contribution in [0.2, 0.25) is 0 Å².